The second-order valence-electron chi connectivity index (χ2n) is 5.21. The van der Waals surface area contributed by atoms with Crippen LogP contribution in [0.3, 0.4) is 0 Å². The van der Waals surface area contributed by atoms with Crippen LogP contribution >= 0.6 is 0 Å². The van der Waals surface area contributed by atoms with Crippen LogP contribution in [0.4, 0.5) is 0 Å². The van der Waals surface area contributed by atoms with E-state index in [1.165, 1.54) is 0 Å². The molecule has 0 bridgehead atoms. The highest BCUT2D eigenvalue weighted by Gasteiger charge is 2.22. The Morgan fingerprint density at radius 3 is 2.44 bits per heavy atom. The molecular weight excluding hydrogens is 226 g/mol. The maximum absolute atomic E-state index is 11.8. The van der Waals surface area contributed by atoms with E-state index in [2.05, 4.69) is 5.32 Å². The molecule has 0 unspecified atom stereocenters. The lowest BCUT2D eigenvalue weighted by Crippen LogP contribution is -2.41. The minimum atomic E-state index is -0.351. The Kier molecular flexibility index (Phi) is 5.35. The zero-order valence-corrected chi connectivity index (χ0v) is 11.7. The summed E-state index contributed by atoms with van der Waals surface area (Å²) < 4.78 is 5.37. The summed E-state index contributed by atoms with van der Waals surface area (Å²) in [4.78, 5) is 11.8. The van der Waals surface area contributed by atoms with Crippen LogP contribution < -0.4 is 5.32 Å². The Morgan fingerprint density at radius 2 is 1.89 bits per heavy atom. The van der Waals surface area contributed by atoms with Crippen molar-refractivity contribution in [3.63, 3.8) is 0 Å². The lowest BCUT2D eigenvalue weighted by atomic mass is 9.94. The van der Waals surface area contributed by atoms with E-state index in [9.17, 15) is 4.79 Å². The van der Waals surface area contributed by atoms with Crippen molar-refractivity contribution in [1.82, 2.24) is 5.32 Å². The molecule has 1 aromatic carbocycles. The maximum atomic E-state index is 11.8. The van der Waals surface area contributed by atoms with Gasteiger partial charge in [0.05, 0.1) is 18.2 Å². The fraction of sp³-hybridized carbons (Fsp3) is 0.533. The predicted octanol–water partition coefficient (Wildman–Crippen LogP) is 2.85. The summed E-state index contributed by atoms with van der Waals surface area (Å²) in [7, 11) is 0. The van der Waals surface area contributed by atoms with Crippen LogP contribution in [0.5, 0.6) is 0 Å². The van der Waals surface area contributed by atoms with Crippen LogP contribution in [0.2, 0.25) is 0 Å². The topological polar surface area (TPSA) is 38.3 Å². The first-order valence-corrected chi connectivity index (χ1v) is 6.40. The molecule has 3 heteroatoms. The molecule has 0 saturated carbocycles. The molecule has 1 amide bonds. The number of carbonyl (C=O) groups excluding carboxylic acids is 1. The number of ether oxygens (including phenoxy) is 1. The highest BCUT2D eigenvalue weighted by atomic mass is 16.5. The smallest absolute Gasteiger partial charge is 0.222 e. The summed E-state index contributed by atoms with van der Waals surface area (Å²) in [5.74, 6) is 0.0181. The van der Waals surface area contributed by atoms with Gasteiger partial charge in [-0.2, -0.15) is 0 Å². The summed E-state index contributed by atoms with van der Waals surface area (Å²) in [6, 6.07) is 9.96. The van der Waals surface area contributed by atoms with Crippen molar-refractivity contribution >= 4 is 5.91 Å². The van der Waals surface area contributed by atoms with Gasteiger partial charge in [0.1, 0.15) is 0 Å². The summed E-state index contributed by atoms with van der Waals surface area (Å²) >= 11 is 0. The fourth-order valence-electron chi connectivity index (χ4n) is 1.73. The van der Waals surface area contributed by atoms with Gasteiger partial charge in [0, 0.05) is 6.42 Å². The van der Waals surface area contributed by atoms with Gasteiger partial charge < -0.3 is 10.1 Å². The molecule has 0 spiro atoms. The lowest BCUT2D eigenvalue weighted by molar-refractivity contribution is -0.124. The molecule has 0 aliphatic rings. The lowest BCUT2D eigenvalue weighted by Gasteiger charge is -2.27. The Morgan fingerprint density at radius 1 is 1.28 bits per heavy atom. The zero-order valence-electron chi connectivity index (χ0n) is 11.7. The normalized spacial score (nSPS) is 11.6. The van der Waals surface area contributed by atoms with Crippen molar-refractivity contribution in [3.05, 3.63) is 35.9 Å². The van der Waals surface area contributed by atoms with E-state index in [0.717, 1.165) is 5.56 Å². The van der Waals surface area contributed by atoms with Gasteiger partial charge in [-0.3, -0.25) is 4.79 Å². The highest BCUT2D eigenvalue weighted by Crippen LogP contribution is 2.19. The Labute approximate surface area is 110 Å². The van der Waals surface area contributed by atoms with E-state index >= 15 is 0 Å². The molecule has 0 saturated heterocycles. The molecule has 100 valence electrons. The van der Waals surface area contributed by atoms with E-state index in [4.69, 9.17) is 4.74 Å². The van der Waals surface area contributed by atoms with E-state index in [1.54, 1.807) is 0 Å². The fourth-order valence-corrected chi connectivity index (χ4v) is 1.73. The molecule has 3 nitrogen and oxygen atoms in total. The Balaban J connectivity index is 2.48. The van der Waals surface area contributed by atoms with Gasteiger partial charge in [0.2, 0.25) is 5.91 Å². The third-order valence-corrected chi connectivity index (χ3v) is 2.73. The standard InChI is InChI=1S/C15H23NO2/c1-12(2)18-11-10-14(17)16-15(3,4)13-8-6-5-7-9-13/h5-9,12H,10-11H2,1-4H3,(H,16,17). The van der Waals surface area contributed by atoms with Crippen LogP contribution in [0, 0.1) is 0 Å². The molecule has 1 aromatic rings. The van der Waals surface area contributed by atoms with Gasteiger partial charge in [-0.1, -0.05) is 30.3 Å². The van der Waals surface area contributed by atoms with Crippen molar-refractivity contribution in [2.45, 2.75) is 45.8 Å². The van der Waals surface area contributed by atoms with Gasteiger partial charge in [0.25, 0.3) is 0 Å². The number of amides is 1. The number of benzene rings is 1. The SMILES string of the molecule is CC(C)OCCC(=O)NC(C)(C)c1ccccc1. The van der Waals surface area contributed by atoms with Gasteiger partial charge in [-0.05, 0) is 33.3 Å². The van der Waals surface area contributed by atoms with Crippen molar-refractivity contribution in [3.8, 4) is 0 Å². The molecule has 0 fully saturated rings. The zero-order chi connectivity index (χ0) is 13.6. The first-order chi connectivity index (χ1) is 8.42. The molecular formula is C15H23NO2. The van der Waals surface area contributed by atoms with Crippen molar-refractivity contribution in [2.75, 3.05) is 6.61 Å². The summed E-state index contributed by atoms with van der Waals surface area (Å²) in [5.41, 5.74) is 0.749. The van der Waals surface area contributed by atoms with E-state index < -0.39 is 0 Å². The molecule has 1 rings (SSSR count). The molecule has 0 radical (unpaired) electrons. The van der Waals surface area contributed by atoms with Gasteiger partial charge in [0.15, 0.2) is 0 Å². The molecule has 0 atom stereocenters. The first kappa shape index (κ1) is 14.7. The van der Waals surface area contributed by atoms with Crippen LogP contribution in [0.25, 0.3) is 0 Å². The first-order valence-electron chi connectivity index (χ1n) is 6.40. The number of nitrogens with one attached hydrogen (secondary N) is 1. The van der Waals surface area contributed by atoms with Gasteiger partial charge in [-0.25, -0.2) is 0 Å². The minimum absolute atomic E-state index is 0.0181. The third-order valence-electron chi connectivity index (χ3n) is 2.73. The van der Waals surface area contributed by atoms with Gasteiger partial charge >= 0.3 is 0 Å². The molecule has 0 aliphatic carbocycles. The molecule has 0 aliphatic heterocycles. The van der Waals surface area contributed by atoms with Crippen LogP contribution in [0.15, 0.2) is 30.3 Å². The summed E-state index contributed by atoms with van der Waals surface area (Å²) in [6.07, 6.45) is 0.564. The number of hydrogen-bond donors (Lipinski definition) is 1. The van der Waals surface area contributed by atoms with Crippen LogP contribution in [-0.4, -0.2) is 18.6 Å². The molecule has 0 aromatic heterocycles. The number of rotatable bonds is 6. The Hall–Kier alpha value is -1.35. The van der Waals surface area contributed by atoms with E-state index in [0.29, 0.717) is 13.0 Å². The van der Waals surface area contributed by atoms with Crippen LogP contribution in [-0.2, 0) is 15.1 Å². The largest absolute Gasteiger partial charge is 0.378 e. The molecule has 0 heterocycles. The second kappa shape index (κ2) is 6.55. The van der Waals surface area contributed by atoms with E-state index in [1.807, 2.05) is 58.0 Å². The average Bonchev–Trinajstić information content (AvgIpc) is 2.29. The number of hydrogen-bond acceptors (Lipinski definition) is 2. The van der Waals surface area contributed by atoms with Crippen molar-refractivity contribution in [2.24, 2.45) is 0 Å². The second-order valence-corrected chi connectivity index (χ2v) is 5.21. The third kappa shape index (κ3) is 4.88. The van der Waals surface area contributed by atoms with E-state index in [-0.39, 0.29) is 17.6 Å². The maximum Gasteiger partial charge on any atom is 0.222 e. The summed E-state index contributed by atoms with van der Waals surface area (Å²) in [5, 5.41) is 3.03. The van der Waals surface area contributed by atoms with Crippen molar-refractivity contribution in [1.29, 1.82) is 0 Å². The Bertz CT molecular complexity index is 371. The minimum Gasteiger partial charge on any atom is -0.378 e. The highest BCUT2D eigenvalue weighted by molar-refractivity contribution is 5.77. The quantitative estimate of drug-likeness (QED) is 0.842. The monoisotopic (exact) mass is 249 g/mol. The molecule has 1 N–H and O–H groups in total. The predicted molar refractivity (Wildman–Crippen MR) is 73.3 cm³/mol. The summed E-state index contributed by atoms with van der Waals surface area (Å²) in [6.45, 7) is 8.40. The molecule has 18 heavy (non-hydrogen) atoms. The average molecular weight is 249 g/mol. The van der Waals surface area contributed by atoms with Crippen molar-refractivity contribution < 1.29 is 9.53 Å². The van der Waals surface area contributed by atoms with Gasteiger partial charge in [-0.15, -0.1) is 0 Å². The van der Waals surface area contributed by atoms with Crippen LogP contribution in [0.1, 0.15) is 39.7 Å². The number of carbonyl (C=O) groups is 1.